The van der Waals surface area contributed by atoms with E-state index < -0.39 is 5.97 Å². The van der Waals surface area contributed by atoms with Crippen molar-refractivity contribution in [3.05, 3.63) is 12.3 Å². The van der Waals surface area contributed by atoms with Crippen molar-refractivity contribution in [2.75, 3.05) is 6.61 Å². The molecule has 0 amide bonds. The first kappa shape index (κ1) is 8.50. The van der Waals surface area contributed by atoms with Crippen molar-refractivity contribution >= 4 is 5.97 Å². The van der Waals surface area contributed by atoms with Crippen LogP contribution in [0.3, 0.4) is 0 Å². The normalized spacial score (nSPS) is 9.10. The van der Waals surface area contributed by atoms with Gasteiger partial charge in [0.15, 0.2) is 0 Å². The fourth-order valence-corrected chi connectivity index (χ4v) is 0.279. The van der Waals surface area contributed by atoms with Crippen LogP contribution < -0.4 is 0 Å². The van der Waals surface area contributed by atoms with Crippen LogP contribution in [-0.4, -0.2) is 17.7 Å². The van der Waals surface area contributed by atoms with E-state index in [0.29, 0.717) is 0 Å². The number of nitriles is 1. The van der Waals surface area contributed by atoms with E-state index in [-0.39, 0.29) is 13.0 Å². The van der Waals surface area contributed by atoms with Crippen LogP contribution in [0.25, 0.3) is 0 Å². The van der Waals surface area contributed by atoms with Crippen molar-refractivity contribution in [1.29, 1.82) is 5.26 Å². The molecule has 0 fully saturated rings. The number of aliphatic carboxylic acids is 1. The Hall–Kier alpha value is -1.50. The highest BCUT2D eigenvalue weighted by molar-refractivity contribution is 5.79. The number of hydrogen-bond acceptors (Lipinski definition) is 3. The predicted molar refractivity (Wildman–Crippen MR) is 33.0 cm³/mol. The zero-order chi connectivity index (χ0) is 7.82. The minimum Gasteiger partial charge on any atom is -0.500 e. The quantitative estimate of drug-likeness (QED) is 0.352. The van der Waals surface area contributed by atoms with E-state index in [0.717, 1.165) is 12.3 Å². The molecule has 0 aliphatic heterocycles. The van der Waals surface area contributed by atoms with Crippen LogP contribution in [0.4, 0.5) is 0 Å². The van der Waals surface area contributed by atoms with Crippen LogP contribution >= 0.6 is 0 Å². The third-order valence-corrected chi connectivity index (χ3v) is 0.639. The van der Waals surface area contributed by atoms with Gasteiger partial charge in [0.1, 0.15) is 6.61 Å². The molecule has 4 nitrogen and oxygen atoms in total. The largest absolute Gasteiger partial charge is 0.500 e. The van der Waals surface area contributed by atoms with Crippen LogP contribution in [0.2, 0.25) is 0 Å². The second-order valence-corrected chi connectivity index (χ2v) is 1.42. The average Bonchev–Trinajstić information content (AvgIpc) is 1.87. The molecule has 1 N–H and O–H groups in total. The van der Waals surface area contributed by atoms with Gasteiger partial charge in [0, 0.05) is 0 Å². The zero-order valence-electron chi connectivity index (χ0n) is 5.28. The van der Waals surface area contributed by atoms with Crippen LogP contribution in [0.15, 0.2) is 12.3 Å². The molecule has 0 saturated carbocycles. The Kier molecular flexibility index (Phi) is 4.79. The molecule has 0 spiro atoms. The minimum absolute atomic E-state index is 0.236. The van der Waals surface area contributed by atoms with Crippen molar-refractivity contribution in [2.24, 2.45) is 0 Å². The van der Waals surface area contributed by atoms with Crippen LogP contribution in [0.5, 0.6) is 0 Å². The smallest absolute Gasteiger partial charge is 0.331 e. The number of carboxylic acids is 1. The zero-order valence-corrected chi connectivity index (χ0v) is 5.28. The first-order valence-corrected chi connectivity index (χ1v) is 2.65. The van der Waals surface area contributed by atoms with Gasteiger partial charge in [-0.25, -0.2) is 4.79 Å². The van der Waals surface area contributed by atoms with Gasteiger partial charge in [-0.3, -0.25) is 0 Å². The fourth-order valence-electron chi connectivity index (χ4n) is 0.279. The fraction of sp³-hybridized carbons (Fsp3) is 0.333. The first-order valence-electron chi connectivity index (χ1n) is 2.65. The van der Waals surface area contributed by atoms with Gasteiger partial charge in [-0.05, 0) is 0 Å². The van der Waals surface area contributed by atoms with Gasteiger partial charge in [0.05, 0.1) is 24.8 Å². The summed E-state index contributed by atoms with van der Waals surface area (Å²) in [7, 11) is 0. The van der Waals surface area contributed by atoms with Gasteiger partial charge in [0.25, 0.3) is 0 Å². The molecule has 0 rings (SSSR count). The molecule has 0 aliphatic rings. The predicted octanol–water partition coefficient (Wildman–Crippen LogP) is 0.515. The summed E-state index contributed by atoms with van der Waals surface area (Å²) in [6.07, 6.45) is 2.20. The highest BCUT2D eigenvalue weighted by atomic mass is 16.5. The summed E-state index contributed by atoms with van der Waals surface area (Å²) < 4.78 is 4.60. The first-order chi connectivity index (χ1) is 4.77. The Balaban J connectivity index is 3.20. The van der Waals surface area contributed by atoms with Gasteiger partial charge in [-0.15, -0.1) is 0 Å². The molecule has 0 atom stereocenters. The van der Waals surface area contributed by atoms with Crippen molar-refractivity contribution in [3.63, 3.8) is 0 Å². The molecule has 0 unspecified atom stereocenters. The number of carboxylic acid groups (broad SMARTS) is 1. The van der Waals surface area contributed by atoms with Crippen molar-refractivity contribution in [1.82, 2.24) is 0 Å². The summed E-state index contributed by atoms with van der Waals surface area (Å²) >= 11 is 0. The molecule has 54 valence electrons. The van der Waals surface area contributed by atoms with Crippen molar-refractivity contribution in [2.45, 2.75) is 6.42 Å². The maximum atomic E-state index is 9.80. The van der Waals surface area contributed by atoms with E-state index >= 15 is 0 Å². The maximum absolute atomic E-state index is 9.80. The lowest BCUT2D eigenvalue weighted by Crippen LogP contribution is -1.89. The third-order valence-electron chi connectivity index (χ3n) is 0.639. The van der Waals surface area contributed by atoms with Gasteiger partial charge < -0.3 is 9.84 Å². The molecule has 0 heterocycles. The lowest BCUT2D eigenvalue weighted by Gasteiger charge is -1.91. The van der Waals surface area contributed by atoms with Crippen molar-refractivity contribution < 1.29 is 14.6 Å². The summed E-state index contributed by atoms with van der Waals surface area (Å²) in [4.78, 5) is 9.80. The van der Waals surface area contributed by atoms with E-state index in [1.807, 2.05) is 6.07 Å². The van der Waals surface area contributed by atoms with Gasteiger partial charge >= 0.3 is 5.97 Å². The van der Waals surface area contributed by atoms with Crippen molar-refractivity contribution in [3.8, 4) is 6.07 Å². The standard InChI is InChI=1S/C6H7NO3/c7-3-1-4-10-5-2-6(8)9/h2,5H,1,4H2,(H,8,9)/b5-2+. The van der Waals surface area contributed by atoms with Gasteiger partial charge in [-0.2, -0.15) is 5.26 Å². The maximum Gasteiger partial charge on any atom is 0.331 e. The highest BCUT2D eigenvalue weighted by Gasteiger charge is 1.84. The molecular formula is C6H7NO3. The van der Waals surface area contributed by atoms with Crippen LogP contribution in [-0.2, 0) is 9.53 Å². The van der Waals surface area contributed by atoms with Crippen LogP contribution in [0.1, 0.15) is 6.42 Å². The second kappa shape index (κ2) is 5.63. The van der Waals surface area contributed by atoms with E-state index in [1.54, 1.807) is 0 Å². The topological polar surface area (TPSA) is 70.3 Å². The molecule has 4 heteroatoms. The molecule has 0 aromatic carbocycles. The lowest BCUT2D eigenvalue weighted by atomic mass is 10.5. The lowest BCUT2D eigenvalue weighted by molar-refractivity contribution is -0.131. The summed E-state index contributed by atoms with van der Waals surface area (Å²) in [5, 5.41) is 16.0. The van der Waals surface area contributed by atoms with E-state index in [1.165, 1.54) is 0 Å². The summed E-state index contributed by atoms with van der Waals surface area (Å²) in [6.45, 7) is 0.236. The van der Waals surface area contributed by atoms with Crippen LogP contribution in [0, 0.1) is 11.3 Å². The molecule has 0 aromatic heterocycles. The Labute approximate surface area is 58.3 Å². The molecule has 0 bridgehead atoms. The minimum atomic E-state index is -1.06. The summed E-state index contributed by atoms with van der Waals surface area (Å²) in [5.41, 5.74) is 0. The summed E-state index contributed by atoms with van der Waals surface area (Å²) in [6, 6.07) is 1.85. The molecule has 0 aromatic rings. The van der Waals surface area contributed by atoms with E-state index in [4.69, 9.17) is 10.4 Å². The summed E-state index contributed by atoms with van der Waals surface area (Å²) in [5.74, 6) is -1.06. The second-order valence-electron chi connectivity index (χ2n) is 1.42. The number of hydrogen-bond donors (Lipinski definition) is 1. The van der Waals surface area contributed by atoms with E-state index in [2.05, 4.69) is 4.74 Å². The SMILES string of the molecule is N#CCCO/C=C/C(=O)O. The number of rotatable bonds is 4. The molecular weight excluding hydrogens is 134 g/mol. The molecule has 10 heavy (non-hydrogen) atoms. The molecule has 0 radical (unpaired) electrons. The molecule has 0 aliphatic carbocycles. The Morgan fingerprint density at radius 2 is 2.50 bits per heavy atom. The van der Waals surface area contributed by atoms with Gasteiger partial charge in [-0.1, -0.05) is 0 Å². The number of nitrogens with zero attached hydrogens (tertiary/aromatic N) is 1. The number of ether oxygens (including phenoxy) is 1. The van der Waals surface area contributed by atoms with E-state index in [9.17, 15) is 4.79 Å². The Morgan fingerprint density at radius 3 is 3.00 bits per heavy atom. The highest BCUT2D eigenvalue weighted by Crippen LogP contribution is 1.81. The van der Waals surface area contributed by atoms with Gasteiger partial charge in [0.2, 0.25) is 0 Å². The third kappa shape index (κ3) is 6.50. The number of carbonyl (C=O) groups is 1. The average molecular weight is 141 g/mol. The monoisotopic (exact) mass is 141 g/mol. The molecule has 0 saturated heterocycles. The Bertz CT molecular complexity index is 168. The Morgan fingerprint density at radius 1 is 1.80 bits per heavy atom.